The van der Waals surface area contributed by atoms with Gasteiger partial charge in [0.25, 0.3) is 5.91 Å². The van der Waals surface area contributed by atoms with Gasteiger partial charge < -0.3 is 19.7 Å². The molecule has 1 fully saturated rings. The predicted molar refractivity (Wildman–Crippen MR) is 125 cm³/mol. The van der Waals surface area contributed by atoms with Gasteiger partial charge in [0.2, 0.25) is 0 Å². The minimum absolute atomic E-state index is 0.232. The Kier molecular flexibility index (Phi) is 6.84. The van der Waals surface area contributed by atoms with Crippen LogP contribution in [0.3, 0.4) is 0 Å². The van der Waals surface area contributed by atoms with Crippen molar-refractivity contribution in [2.24, 2.45) is 0 Å². The second kappa shape index (κ2) is 10.1. The number of aromatic nitrogens is 2. The molecular weight excluding hydrogens is 404 g/mol. The van der Waals surface area contributed by atoms with Crippen molar-refractivity contribution >= 4 is 17.4 Å². The van der Waals surface area contributed by atoms with E-state index in [1.54, 1.807) is 38.3 Å². The van der Waals surface area contributed by atoms with Crippen molar-refractivity contribution < 1.29 is 14.3 Å². The molecule has 1 unspecified atom stereocenters. The number of nitrogens with zero attached hydrogens (tertiary/aromatic N) is 3. The third-order valence-corrected chi connectivity index (χ3v) is 5.50. The van der Waals surface area contributed by atoms with Crippen LogP contribution in [0.15, 0.2) is 60.7 Å². The first-order valence-electron chi connectivity index (χ1n) is 10.9. The van der Waals surface area contributed by atoms with Gasteiger partial charge in [0.05, 0.1) is 12.8 Å². The zero-order valence-electron chi connectivity index (χ0n) is 18.5. The maximum atomic E-state index is 12.6. The number of nitrogens with one attached hydrogen (secondary N) is 1. The molecular formula is C25H28N4O3. The summed E-state index contributed by atoms with van der Waals surface area (Å²) < 4.78 is 10.9. The van der Waals surface area contributed by atoms with Gasteiger partial charge in [-0.05, 0) is 74.7 Å². The maximum absolute atomic E-state index is 12.6. The molecule has 1 saturated heterocycles. The molecule has 4 rings (SSSR count). The molecule has 1 amide bonds. The summed E-state index contributed by atoms with van der Waals surface area (Å²) in [5.74, 6) is 2.02. The molecule has 1 atom stereocenters. The number of anilines is 2. The van der Waals surface area contributed by atoms with Gasteiger partial charge in [0, 0.05) is 24.3 Å². The minimum atomic E-state index is -0.657. The zero-order chi connectivity index (χ0) is 22.3. The fraction of sp³-hybridized carbons (Fsp3) is 0.320. The van der Waals surface area contributed by atoms with Crippen LogP contribution in [0.4, 0.5) is 11.5 Å². The first-order valence-corrected chi connectivity index (χ1v) is 10.9. The maximum Gasteiger partial charge on any atom is 0.265 e. The van der Waals surface area contributed by atoms with Crippen molar-refractivity contribution in [3.63, 3.8) is 0 Å². The van der Waals surface area contributed by atoms with Crippen LogP contribution < -0.4 is 19.7 Å². The fourth-order valence-electron chi connectivity index (χ4n) is 3.68. The van der Waals surface area contributed by atoms with E-state index in [2.05, 4.69) is 20.4 Å². The van der Waals surface area contributed by atoms with Crippen molar-refractivity contribution in [3.05, 3.63) is 60.7 Å². The molecule has 0 saturated carbocycles. The molecule has 1 aliphatic rings. The average molecular weight is 433 g/mol. The topological polar surface area (TPSA) is 76.6 Å². The van der Waals surface area contributed by atoms with Crippen LogP contribution in [0.2, 0.25) is 0 Å². The Labute approximate surface area is 188 Å². The Bertz CT molecular complexity index is 1030. The highest BCUT2D eigenvalue weighted by Crippen LogP contribution is 2.24. The highest BCUT2D eigenvalue weighted by Gasteiger charge is 2.16. The second-order valence-corrected chi connectivity index (χ2v) is 7.83. The van der Waals surface area contributed by atoms with Crippen molar-refractivity contribution in [2.75, 3.05) is 30.4 Å². The third-order valence-electron chi connectivity index (χ3n) is 5.50. The summed E-state index contributed by atoms with van der Waals surface area (Å²) in [6.45, 7) is 3.78. The molecule has 0 bridgehead atoms. The number of ether oxygens (including phenoxy) is 2. The largest absolute Gasteiger partial charge is 0.497 e. The van der Waals surface area contributed by atoms with Gasteiger partial charge in [-0.1, -0.05) is 12.1 Å². The van der Waals surface area contributed by atoms with E-state index in [-0.39, 0.29) is 5.91 Å². The molecule has 7 nitrogen and oxygen atoms in total. The number of carbonyl (C=O) groups is 1. The standard InChI is InChI=1S/C25H28N4O3/c1-18(32-22-11-9-21(31-2)10-12-22)25(30)26-20-8-6-7-19(17-20)23-13-14-24(28-27-23)29-15-4-3-5-16-29/h6-14,17-18H,3-5,15-16H2,1-2H3,(H,26,30). The molecule has 2 aromatic carbocycles. The van der Waals surface area contributed by atoms with E-state index in [1.807, 2.05) is 36.4 Å². The van der Waals surface area contributed by atoms with Crippen LogP contribution in [0, 0.1) is 0 Å². The van der Waals surface area contributed by atoms with E-state index in [1.165, 1.54) is 19.3 Å². The van der Waals surface area contributed by atoms with Crippen molar-refractivity contribution in [2.45, 2.75) is 32.3 Å². The Balaban J connectivity index is 1.39. The summed E-state index contributed by atoms with van der Waals surface area (Å²) in [6.07, 6.45) is 3.03. The number of hydrogen-bond donors (Lipinski definition) is 1. The Morgan fingerprint density at radius 2 is 1.72 bits per heavy atom. The smallest absolute Gasteiger partial charge is 0.265 e. The van der Waals surface area contributed by atoms with Gasteiger partial charge in [-0.25, -0.2) is 0 Å². The molecule has 0 spiro atoms. The van der Waals surface area contributed by atoms with Crippen LogP contribution in [-0.4, -0.2) is 42.4 Å². The number of piperidine rings is 1. The summed E-state index contributed by atoms with van der Waals surface area (Å²) in [5, 5.41) is 11.7. The van der Waals surface area contributed by atoms with Crippen molar-refractivity contribution in [3.8, 4) is 22.8 Å². The molecule has 7 heteroatoms. The summed E-state index contributed by atoms with van der Waals surface area (Å²) in [4.78, 5) is 14.9. The SMILES string of the molecule is COc1ccc(OC(C)C(=O)Nc2cccc(-c3ccc(N4CCCCC4)nn3)c2)cc1. The molecule has 0 radical (unpaired) electrons. The monoisotopic (exact) mass is 432 g/mol. The lowest BCUT2D eigenvalue weighted by atomic mass is 10.1. The third kappa shape index (κ3) is 5.35. The molecule has 3 aromatic rings. The Morgan fingerprint density at radius 3 is 2.41 bits per heavy atom. The Hall–Kier alpha value is -3.61. The van der Waals surface area contributed by atoms with Crippen LogP contribution >= 0.6 is 0 Å². The van der Waals surface area contributed by atoms with E-state index in [4.69, 9.17) is 9.47 Å². The van der Waals surface area contributed by atoms with Gasteiger partial charge in [0.15, 0.2) is 11.9 Å². The van der Waals surface area contributed by atoms with Gasteiger partial charge in [-0.2, -0.15) is 0 Å². The summed E-state index contributed by atoms with van der Waals surface area (Å²) >= 11 is 0. The number of carbonyl (C=O) groups excluding carboxylic acids is 1. The highest BCUT2D eigenvalue weighted by atomic mass is 16.5. The lowest BCUT2D eigenvalue weighted by molar-refractivity contribution is -0.122. The van der Waals surface area contributed by atoms with E-state index < -0.39 is 6.10 Å². The number of rotatable bonds is 7. The van der Waals surface area contributed by atoms with E-state index in [0.717, 1.165) is 35.9 Å². The first-order chi connectivity index (χ1) is 15.6. The number of benzene rings is 2. The number of amides is 1. The van der Waals surface area contributed by atoms with E-state index in [9.17, 15) is 4.79 Å². The first kappa shape index (κ1) is 21.6. The molecule has 0 aliphatic carbocycles. The van der Waals surface area contributed by atoms with Crippen molar-refractivity contribution in [1.82, 2.24) is 10.2 Å². The Morgan fingerprint density at radius 1 is 0.969 bits per heavy atom. The quantitative estimate of drug-likeness (QED) is 0.590. The van der Waals surface area contributed by atoms with E-state index in [0.29, 0.717) is 11.4 Å². The van der Waals surface area contributed by atoms with Gasteiger partial charge in [0.1, 0.15) is 11.5 Å². The van der Waals surface area contributed by atoms with Crippen LogP contribution in [0.25, 0.3) is 11.3 Å². The van der Waals surface area contributed by atoms with Crippen molar-refractivity contribution in [1.29, 1.82) is 0 Å². The van der Waals surface area contributed by atoms with Gasteiger partial charge >= 0.3 is 0 Å². The molecule has 166 valence electrons. The normalized spacial score (nSPS) is 14.5. The lowest BCUT2D eigenvalue weighted by Gasteiger charge is -2.27. The predicted octanol–water partition coefficient (Wildman–Crippen LogP) is 4.55. The summed E-state index contributed by atoms with van der Waals surface area (Å²) in [5.41, 5.74) is 2.34. The fourth-order valence-corrected chi connectivity index (χ4v) is 3.68. The highest BCUT2D eigenvalue weighted by molar-refractivity contribution is 5.94. The van der Waals surface area contributed by atoms with Crippen LogP contribution in [0.1, 0.15) is 26.2 Å². The van der Waals surface area contributed by atoms with Crippen LogP contribution in [-0.2, 0) is 4.79 Å². The summed E-state index contributed by atoms with van der Waals surface area (Å²) in [6, 6.07) is 18.7. The lowest BCUT2D eigenvalue weighted by Crippen LogP contribution is -2.30. The zero-order valence-corrected chi connectivity index (χ0v) is 18.5. The molecule has 1 aliphatic heterocycles. The molecule has 1 N–H and O–H groups in total. The summed E-state index contributed by atoms with van der Waals surface area (Å²) in [7, 11) is 1.61. The van der Waals surface area contributed by atoms with Gasteiger partial charge in [-0.15, -0.1) is 10.2 Å². The molecule has 32 heavy (non-hydrogen) atoms. The second-order valence-electron chi connectivity index (χ2n) is 7.83. The van der Waals surface area contributed by atoms with Gasteiger partial charge in [-0.3, -0.25) is 4.79 Å². The minimum Gasteiger partial charge on any atom is -0.497 e. The molecule has 1 aromatic heterocycles. The van der Waals surface area contributed by atoms with E-state index >= 15 is 0 Å². The van der Waals surface area contributed by atoms with Crippen LogP contribution in [0.5, 0.6) is 11.5 Å². The number of hydrogen-bond acceptors (Lipinski definition) is 6. The number of methoxy groups -OCH3 is 1. The average Bonchev–Trinajstić information content (AvgIpc) is 2.85. The molecule has 2 heterocycles.